The van der Waals surface area contributed by atoms with Crippen molar-refractivity contribution in [2.45, 2.75) is 19.8 Å². The summed E-state index contributed by atoms with van der Waals surface area (Å²) < 4.78 is 0. The third kappa shape index (κ3) is 1.84. The number of hydrogen-bond donors (Lipinski definition) is 1. The summed E-state index contributed by atoms with van der Waals surface area (Å²) in [5.74, 6) is 0.247. The highest BCUT2D eigenvalue weighted by molar-refractivity contribution is 5.80. The molecule has 14 heavy (non-hydrogen) atoms. The van der Waals surface area contributed by atoms with Crippen LogP contribution < -0.4 is 0 Å². The molecule has 0 aliphatic carbocycles. The molecule has 2 rings (SSSR count). The first-order valence-corrected chi connectivity index (χ1v) is 4.81. The van der Waals surface area contributed by atoms with Crippen LogP contribution in [0.1, 0.15) is 18.9 Å². The van der Waals surface area contributed by atoms with Gasteiger partial charge in [-0.2, -0.15) is 0 Å². The smallest absolute Gasteiger partial charge is 0.130 e. The Hall–Kier alpha value is -1.57. The quantitative estimate of drug-likeness (QED) is 0.787. The highest BCUT2D eigenvalue weighted by atomic mass is 16.1. The zero-order valence-corrected chi connectivity index (χ0v) is 8.21. The number of hydrogen-bond acceptors (Lipinski definition) is 1. The van der Waals surface area contributed by atoms with Crippen LogP contribution in [0.2, 0.25) is 0 Å². The Morgan fingerprint density at radius 3 is 3.00 bits per heavy atom. The third-order valence-corrected chi connectivity index (χ3v) is 2.39. The minimum absolute atomic E-state index is 0.247. The maximum absolute atomic E-state index is 10.8. The van der Waals surface area contributed by atoms with Crippen molar-refractivity contribution < 1.29 is 4.79 Å². The van der Waals surface area contributed by atoms with Crippen LogP contribution in [0.25, 0.3) is 10.9 Å². The number of aryl methyl sites for hydroxylation is 1. The first kappa shape index (κ1) is 9.00. The zero-order chi connectivity index (χ0) is 9.97. The molecule has 72 valence electrons. The number of carbonyl (C=O) groups excluding carboxylic acids is 1. The van der Waals surface area contributed by atoms with Gasteiger partial charge in [0.2, 0.25) is 0 Å². The molecule has 2 nitrogen and oxygen atoms in total. The molecule has 1 aromatic heterocycles. The van der Waals surface area contributed by atoms with Crippen LogP contribution >= 0.6 is 0 Å². The van der Waals surface area contributed by atoms with Gasteiger partial charge in [0, 0.05) is 18.1 Å². The van der Waals surface area contributed by atoms with E-state index < -0.39 is 0 Å². The van der Waals surface area contributed by atoms with Gasteiger partial charge in [0.25, 0.3) is 0 Å². The van der Waals surface area contributed by atoms with E-state index in [-0.39, 0.29) is 5.78 Å². The molecule has 0 spiro atoms. The summed E-state index contributed by atoms with van der Waals surface area (Å²) in [6.07, 6.45) is 3.40. The van der Waals surface area contributed by atoms with E-state index in [2.05, 4.69) is 23.2 Å². The molecule has 0 amide bonds. The molecule has 0 aliphatic heterocycles. The zero-order valence-electron chi connectivity index (χ0n) is 8.21. The number of fused-ring (bicyclic) bond motifs is 1. The maximum Gasteiger partial charge on any atom is 0.130 e. The number of ketones is 1. The summed E-state index contributed by atoms with van der Waals surface area (Å²) in [6, 6.07) is 8.32. The van der Waals surface area contributed by atoms with E-state index >= 15 is 0 Å². The molecule has 0 saturated heterocycles. The lowest BCUT2D eigenvalue weighted by Gasteiger charge is -1.99. The SMILES string of the molecule is CC(=O)CCc1ccc2cc[nH]c2c1. The van der Waals surface area contributed by atoms with Crippen LogP contribution in [0.5, 0.6) is 0 Å². The third-order valence-electron chi connectivity index (χ3n) is 2.39. The van der Waals surface area contributed by atoms with E-state index in [0.717, 1.165) is 11.9 Å². The minimum atomic E-state index is 0.247. The van der Waals surface area contributed by atoms with Gasteiger partial charge in [0.15, 0.2) is 0 Å². The summed E-state index contributed by atoms with van der Waals surface area (Å²) in [7, 11) is 0. The fourth-order valence-electron chi connectivity index (χ4n) is 1.57. The minimum Gasteiger partial charge on any atom is -0.361 e. The largest absolute Gasteiger partial charge is 0.361 e. The number of rotatable bonds is 3. The Kier molecular flexibility index (Phi) is 2.35. The fourth-order valence-corrected chi connectivity index (χ4v) is 1.57. The Morgan fingerprint density at radius 2 is 2.21 bits per heavy atom. The summed E-state index contributed by atoms with van der Waals surface area (Å²) >= 11 is 0. The molecule has 2 heteroatoms. The standard InChI is InChI=1S/C12H13NO/c1-9(14)2-3-10-4-5-11-6-7-13-12(11)8-10/h4-8,13H,2-3H2,1H3. The molecule has 0 fully saturated rings. The monoisotopic (exact) mass is 187 g/mol. The molecular weight excluding hydrogens is 174 g/mol. The van der Waals surface area contributed by atoms with Crippen molar-refractivity contribution in [2.75, 3.05) is 0 Å². The summed E-state index contributed by atoms with van der Waals surface area (Å²) in [4.78, 5) is 14.0. The van der Waals surface area contributed by atoms with E-state index in [1.807, 2.05) is 12.3 Å². The molecule has 1 N–H and O–H groups in total. The van der Waals surface area contributed by atoms with Crippen LogP contribution in [-0.4, -0.2) is 10.8 Å². The van der Waals surface area contributed by atoms with Gasteiger partial charge < -0.3 is 9.78 Å². The van der Waals surface area contributed by atoms with Crippen molar-refractivity contribution in [1.29, 1.82) is 0 Å². The predicted octanol–water partition coefficient (Wildman–Crippen LogP) is 2.69. The van der Waals surface area contributed by atoms with E-state index in [0.29, 0.717) is 6.42 Å². The van der Waals surface area contributed by atoms with Crippen LogP contribution in [0, 0.1) is 0 Å². The molecule has 0 bridgehead atoms. The summed E-state index contributed by atoms with van der Waals surface area (Å²) in [5.41, 5.74) is 2.36. The molecule has 0 radical (unpaired) electrons. The van der Waals surface area contributed by atoms with Gasteiger partial charge in [-0.15, -0.1) is 0 Å². The number of Topliss-reactive ketones (excluding diaryl/α,β-unsaturated/α-hetero) is 1. The number of aromatic amines is 1. The molecule has 0 aliphatic rings. The Balaban J connectivity index is 2.21. The fraction of sp³-hybridized carbons (Fsp3) is 0.250. The normalized spacial score (nSPS) is 10.6. The van der Waals surface area contributed by atoms with E-state index in [1.165, 1.54) is 10.9 Å². The number of carbonyl (C=O) groups is 1. The van der Waals surface area contributed by atoms with E-state index in [1.54, 1.807) is 6.92 Å². The van der Waals surface area contributed by atoms with Crippen molar-refractivity contribution in [3.05, 3.63) is 36.0 Å². The average molecular weight is 187 g/mol. The predicted molar refractivity (Wildman–Crippen MR) is 57.3 cm³/mol. The second-order valence-electron chi connectivity index (χ2n) is 3.60. The molecule has 0 unspecified atom stereocenters. The molecular formula is C12H13NO. The van der Waals surface area contributed by atoms with E-state index in [4.69, 9.17) is 0 Å². The number of nitrogens with one attached hydrogen (secondary N) is 1. The second kappa shape index (κ2) is 3.66. The lowest BCUT2D eigenvalue weighted by Crippen LogP contribution is -1.93. The molecule has 1 heterocycles. The van der Waals surface area contributed by atoms with Gasteiger partial charge in [-0.1, -0.05) is 12.1 Å². The molecule has 2 aromatic rings. The lowest BCUT2D eigenvalue weighted by atomic mass is 10.1. The number of benzene rings is 1. The van der Waals surface area contributed by atoms with Gasteiger partial charge in [-0.3, -0.25) is 0 Å². The van der Waals surface area contributed by atoms with Gasteiger partial charge in [-0.25, -0.2) is 0 Å². The van der Waals surface area contributed by atoms with Crippen LogP contribution in [0.4, 0.5) is 0 Å². The van der Waals surface area contributed by atoms with Crippen LogP contribution in [0.15, 0.2) is 30.5 Å². The number of H-pyrrole nitrogens is 1. The Morgan fingerprint density at radius 1 is 1.36 bits per heavy atom. The van der Waals surface area contributed by atoms with E-state index in [9.17, 15) is 4.79 Å². The number of aromatic nitrogens is 1. The Labute approximate surface area is 82.9 Å². The van der Waals surface area contributed by atoms with Crippen molar-refractivity contribution in [2.24, 2.45) is 0 Å². The van der Waals surface area contributed by atoms with Crippen LogP contribution in [-0.2, 0) is 11.2 Å². The first-order chi connectivity index (χ1) is 6.75. The first-order valence-electron chi connectivity index (χ1n) is 4.81. The van der Waals surface area contributed by atoms with Crippen LogP contribution in [0.3, 0.4) is 0 Å². The highest BCUT2D eigenvalue weighted by Gasteiger charge is 1.99. The van der Waals surface area contributed by atoms with Crippen molar-refractivity contribution in [1.82, 2.24) is 4.98 Å². The molecule has 0 atom stereocenters. The van der Waals surface area contributed by atoms with Crippen molar-refractivity contribution >= 4 is 16.7 Å². The Bertz CT molecular complexity index is 456. The molecule has 1 aromatic carbocycles. The van der Waals surface area contributed by atoms with Crippen molar-refractivity contribution in [3.8, 4) is 0 Å². The summed E-state index contributed by atoms with van der Waals surface area (Å²) in [5, 5.41) is 1.22. The van der Waals surface area contributed by atoms with Gasteiger partial charge in [0.05, 0.1) is 0 Å². The lowest BCUT2D eigenvalue weighted by molar-refractivity contribution is -0.116. The maximum atomic E-state index is 10.8. The molecule has 0 saturated carbocycles. The van der Waals surface area contributed by atoms with Crippen molar-refractivity contribution in [3.63, 3.8) is 0 Å². The van der Waals surface area contributed by atoms with Gasteiger partial charge in [0.1, 0.15) is 5.78 Å². The highest BCUT2D eigenvalue weighted by Crippen LogP contribution is 2.15. The summed E-state index contributed by atoms with van der Waals surface area (Å²) in [6.45, 7) is 1.63. The second-order valence-corrected chi connectivity index (χ2v) is 3.60. The average Bonchev–Trinajstić information content (AvgIpc) is 2.61. The van der Waals surface area contributed by atoms with Gasteiger partial charge in [-0.05, 0) is 36.4 Å². The topological polar surface area (TPSA) is 32.9 Å². The van der Waals surface area contributed by atoms with Gasteiger partial charge >= 0.3 is 0 Å².